The van der Waals surface area contributed by atoms with E-state index in [1.807, 2.05) is 6.92 Å². The fourth-order valence-corrected chi connectivity index (χ4v) is 6.74. The van der Waals surface area contributed by atoms with Gasteiger partial charge in [0.1, 0.15) is 19.4 Å². The molecule has 0 spiro atoms. The predicted octanol–water partition coefficient (Wildman–Crippen LogP) is 6.95. The van der Waals surface area contributed by atoms with Crippen LogP contribution >= 0.6 is 0 Å². The third-order valence-electron chi connectivity index (χ3n) is 5.72. The molecule has 0 bridgehead atoms. The van der Waals surface area contributed by atoms with Crippen LogP contribution < -0.4 is 0 Å². The Morgan fingerprint density at radius 2 is 1.74 bits per heavy atom. The van der Waals surface area contributed by atoms with Crippen LogP contribution in [-0.4, -0.2) is 34.3 Å². The number of hydrogen-bond donors (Lipinski definition) is 0. The SMILES string of the molecule is CCOC(=O)/C=C1/C=C(OC2(C)CCCCC2)C([Si](C)(C)C)=C(C#C[Si](C)(C)C)CC1. The van der Waals surface area contributed by atoms with E-state index in [1.54, 1.807) is 6.08 Å². The van der Waals surface area contributed by atoms with Gasteiger partial charge in [0.05, 0.1) is 14.7 Å². The molecule has 1 fully saturated rings. The summed E-state index contributed by atoms with van der Waals surface area (Å²) in [5, 5.41) is 1.33. The lowest BCUT2D eigenvalue weighted by atomic mass is 9.86. The monoisotopic (exact) mass is 458 g/mol. The summed E-state index contributed by atoms with van der Waals surface area (Å²) in [6, 6.07) is 0. The van der Waals surface area contributed by atoms with Gasteiger partial charge in [-0.3, -0.25) is 0 Å². The van der Waals surface area contributed by atoms with Crippen LogP contribution in [0, 0.1) is 11.5 Å². The highest BCUT2D eigenvalue weighted by molar-refractivity contribution is 6.84. The highest BCUT2D eigenvalue weighted by Gasteiger charge is 2.35. The number of esters is 1. The van der Waals surface area contributed by atoms with Crippen LogP contribution in [0.15, 0.2) is 34.3 Å². The van der Waals surface area contributed by atoms with E-state index in [-0.39, 0.29) is 11.6 Å². The minimum Gasteiger partial charge on any atom is -0.488 e. The van der Waals surface area contributed by atoms with Gasteiger partial charge in [0.25, 0.3) is 0 Å². The highest BCUT2D eigenvalue weighted by atomic mass is 28.3. The average Bonchev–Trinajstić information content (AvgIpc) is 2.78. The van der Waals surface area contributed by atoms with Crippen LogP contribution in [-0.2, 0) is 14.3 Å². The molecule has 3 nitrogen and oxygen atoms in total. The first-order valence-electron chi connectivity index (χ1n) is 11.9. The maximum atomic E-state index is 12.2. The Bertz CT molecular complexity index is 817. The molecule has 0 unspecified atom stereocenters. The van der Waals surface area contributed by atoms with Crippen LogP contribution in [0.1, 0.15) is 58.8 Å². The molecular weight excluding hydrogens is 416 g/mol. The van der Waals surface area contributed by atoms with E-state index in [9.17, 15) is 4.79 Å². The minimum absolute atomic E-state index is 0.147. The Balaban J connectivity index is 2.60. The van der Waals surface area contributed by atoms with Gasteiger partial charge in [-0.2, -0.15) is 0 Å². The van der Waals surface area contributed by atoms with Crippen molar-refractivity contribution < 1.29 is 14.3 Å². The van der Waals surface area contributed by atoms with Crippen molar-refractivity contribution in [3.8, 4) is 11.5 Å². The van der Waals surface area contributed by atoms with Crippen molar-refractivity contribution in [1.29, 1.82) is 0 Å². The molecule has 2 aliphatic rings. The zero-order valence-corrected chi connectivity index (χ0v) is 23.0. The highest BCUT2D eigenvalue weighted by Crippen LogP contribution is 2.40. The molecular formula is C26H42O3Si2. The average molecular weight is 459 g/mol. The van der Waals surface area contributed by atoms with Crippen molar-refractivity contribution in [3.05, 3.63) is 34.3 Å². The molecule has 2 aliphatic carbocycles. The van der Waals surface area contributed by atoms with E-state index >= 15 is 0 Å². The molecule has 0 atom stereocenters. The molecule has 0 heterocycles. The Morgan fingerprint density at radius 3 is 2.29 bits per heavy atom. The molecule has 0 aromatic rings. The lowest BCUT2D eigenvalue weighted by molar-refractivity contribution is -0.137. The van der Waals surface area contributed by atoms with Crippen molar-refractivity contribution in [2.45, 2.75) is 104 Å². The van der Waals surface area contributed by atoms with E-state index in [1.165, 1.54) is 30.0 Å². The van der Waals surface area contributed by atoms with Crippen LogP contribution in [0.5, 0.6) is 0 Å². The van der Waals surface area contributed by atoms with Gasteiger partial charge in [-0.1, -0.05) is 51.6 Å². The quantitative estimate of drug-likeness (QED) is 0.193. The van der Waals surface area contributed by atoms with Gasteiger partial charge in [-0.25, -0.2) is 4.79 Å². The van der Waals surface area contributed by atoms with Crippen molar-refractivity contribution in [3.63, 3.8) is 0 Å². The van der Waals surface area contributed by atoms with E-state index in [4.69, 9.17) is 9.47 Å². The smallest absolute Gasteiger partial charge is 0.331 e. The molecule has 0 aliphatic heterocycles. The second-order valence-electron chi connectivity index (χ2n) is 11.2. The van der Waals surface area contributed by atoms with Crippen molar-refractivity contribution in [1.82, 2.24) is 0 Å². The number of carbonyl (C=O) groups excluding carboxylic acids is 1. The van der Waals surface area contributed by atoms with Gasteiger partial charge in [-0.15, -0.1) is 5.54 Å². The van der Waals surface area contributed by atoms with Gasteiger partial charge >= 0.3 is 5.97 Å². The third kappa shape index (κ3) is 8.16. The number of carbonyl (C=O) groups is 1. The van der Waals surface area contributed by atoms with E-state index in [0.717, 1.165) is 37.0 Å². The summed E-state index contributed by atoms with van der Waals surface area (Å²) < 4.78 is 12.1. The van der Waals surface area contributed by atoms with Crippen molar-refractivity contribution >= 4 is 22.1 Å². The summed E-state index contributed by atoms with van der Waals surface area (Å²) >= 11 is 0. The summed E-state index contributed by atoms with van der Waals surface area (Å²) in [5.74, 6) is 4.28. The van der Waals surface area contributed by atoms with Crippen LogP contribution in [0.25, 0.3) is 0 Å². The van der Waals surface area contributed by atoms with Gasteiger partial charge in [0.15, 0.2) is 0 Å². The lowest BCUT2D eigenvalue weighted by Crippen LogP contribution is -2.35. The number of rotatable bonds is 5. The zero-order chi connectivity index (χ0) is 23.3. The van der Waals surface area contributed by atoms with Crippen molar-refractivity contribution in [2.75, 3.05) is 6.61 Å². The van der Waals surface area contributed by atoms with Crippen LogP contribution in [0.4, 0.5) is 0 Å². The predicted molar refractivity (Wildman–Crippen MR) is 136 cm³/mol. The fourth-order valence-electron chi connectivity index (χ4n) is 4.26. The largest absolute Gasteiger partial charge is 0.488 e. The molecule has 0 N–H and O–H groups in total. The van der Waals surface area contributed by atoms with Gasteiger partial charge < -0.3 is 9.47 Å². The van der Waals surface area contributed by atoms with Crippen molar-refractivity contribution in [2.24, 2.45) is 0 Å². The lowest BCUT2D eigenvalue weighted by Gasteiger charge is -2.37. The second kappa shape index (κ2) is 10.4. The van der Waals surface area contributed by atoms with Crippen LogP contribution in [0.2, 0.25) is 39.3 Å². The molecule has 31 heavy (non-hydrogen) atoms. The Morgan fingerprint density at radius 1 is 1.10 bits per heavy atom. The summed E-state index contributed by atoms with van der Waals surface area (Å²) in [6.45, 7) is 18.5. The molecule has 0 aromatic heterocycles. The number of hydrogen-bond acceptors (Lipinski definition) is 3. The molecule has 1 saturated carbocycles. The first-order chi connectivity index (χ1) is 14.3. The summed E-state index contributed by atoms with van der Waals surface area (Å²) in [4.78, 5) is 12.2. The maximum Gasteiger partial charge on any atom is 0.331 e. The summed E-state index contributed by atoms with van der Waals surface area (Å²) in [5.41, 5.74) is 5.65. The standard InChI is InChI=1S/C26H42O3Si2/c1-9-28-24(27)20-21-13-14-22(15-18-30(3,4)5)25(31(6,7)8)23(19-21)29-26(2)16-11-10-12-17-26/h19-20H,9-14,16-17H2,1-8H3/b21-20+. The summed E-state index contributed by atoms with van der Waals surface area (Å²) in [7, 11) is -3.27. The molecule has 2 rings (SSSR count). The second-order valence-corrected chi connectivity index (χ2v) is 20.9. The first-order valence-corrected chi connectivity index (χ1v) is 18.9. The summed E-state index contributed by atoms with van der Waals surface area (Å²) in [6.07, 6.45) is 11.3. The molecule has 0 amide bonds. The first kappa shape index (κ1) is 25.7. The third-order valence-corrected chi connectivity index (χ3v) is 8.65. The Hall–Kier alpha value is -1.52. The van der Waals surface area contributed by atoms with Gasteiger partial charge in [0, 0.05) is 11.6 Å². The molecule has 172 valence electrons. The molecule has 0 aromatic carbocycles. The normalized spacial score (nSPS) is 21.0. The Kier molecular flexibility index (Phi) is 8.64. The van der Waals surface area contributed by atoms with E-state index < -0.39 is 16.1 Å². The van der Waals surface area contributed by atoms with E-state index in [0.29, 0.717) is 6.61 Å². The topological polar surface area (TPSA) is 35.5 Å². The van der Waals surface area contributed by atoms with E-state index in [2.05, 4.69) is 63.7 Å². The molecule has 5 heteroatoms. The Labute approximate surface area is 192 Å². The van der Waals surface area contributed by atoms with Gasteiger partial charge in [0.2, 0.25) is 0 Å². The molecule has 0 saturated heterocycles. The number of allylic oxidation sites excluding steroid dienone is 4. The maximum absolute atomic E-state index is 12.2. The van der Waals surface area contributed by atoms with Crippen LogP contribution in [0.3, 0.4) is 0 Å². The minimum atomic E-state index is -1.76. The zero-order valence-electron chi connectivity index (χ0n) is 21.0. The number of ether oxygens (including phenoxy) is 2. The fraction of sp³-hybridized carbons (Fsp3) is 0.654. The molecule has 0 radical (unpaired) electrons. The van der Waals surface area contributed by atoms with Gasteiger partial charge in [-0.05, 0) is 69.2 Å².